The number of piperazine rings is 1. The second-order valence-electron chi connectivity index (χ2n) is 5.55. The first-order valence-corrected chi connectivity index (χ1v) is 7.59. The zero-order chi connectivity index (χ0) is 14.4. The molecule has 2 rings (SSSR count). The molecule has 20 heavy (non-hydrogen) atoms. The lowest BCUT2D eigenvalue weighted by atomic mass is 10.0. The van der Waals surface area contributed by atoms with Crippen LogP contribution in [0, 0.1) is 0 Å². The van der Waals surface area contributed by atoms with Crippen LogP contribution in [-0.4, -0.2) is 56.2 Å². The second kappa shape index (κ2) is 7.62. The van der Waals surface area contributed by atoms with Crippen LogP contribution in [0.3, 0.4) is 0 Å². The summed E-state index contributed by atoms with van der Waals surface area (Å²) in [4.78, 5) is 4.83. The average Bonchev–Trinajstić information content (AvgIpc) is 2.49. The zero-order valence-electron chi connectivity index (χ0n) is 12.7. The van der Waals surface area contributed by atoms with Crippen LogP contribution in [-0.2, 0) is 0 Å². The maximum absolute atomic E-state index is 6.13. The molecule has 4 heteroatoms. The van der Waals surface area contributed by atoms with Crippen LogP contribution < -0.4 is 10.5 Å². The molecule has 1 saturated heterocycles. The Kier molecular flexibility index (Phi) is 5.83. The highest BCUT2D eigenvalue weighted by Crippen LogP contribution is 2.25. The monoisotopic (exact) mass is 277 g/mol. The van der Waals surface area contributed by atoms with Gasteiger partial charge in [-0.15, -0.1) is 0 Å². The average molecular weight is 277 g/mol. The SMILES string of the molecule is CC[C@@H](N)c1ccccc1OCCN1CCN(C)CC1. The third-order valence-corrected chi connectivity index (χ3v) is 4.02. The summed E-state index contributed by atoms with van der Waals surface area (Å²) in [6.07, 6.45) is 0.929. The molecule has 0 radical (unpaired) electrons. The fourth-order valence-electron chi connectivity index (χ4n) is 2.49. The molecule has 0 spiro atoms. The summed E-state index contributed by atoms with van der Waals surface area (Å²) in [7, 11) is 2.18. The molecule has 0 bridgehead atoms. The van der Waals surface area contributed by atoms with E-state index in [9.17, 15) is 0 Å². The summed E-state index contributed by atoms with van der Waals surface area (Å²) in [5.74, 6) is 0.941. The minimum Gasteiger partial charge on any atom is -0.492 e. The van der Waals surface area contributed by atoms with Gasteiger partial charge in [-0.05, 0) is 19.5 Å². The lowest BCUT2D eigenvalue weighted by Crippen LogP contribution is -2.45. The van der Waals surface area contributed by atoms with Gasteiger partial charge in [0, 0.05) is 44.3 Å². The van der Waals surface area contributed by atoms with Gasteiger partial charge in [0.15, 0.2) is 0 Å². The van der Waals surface area contributed by atoms with Crippen LogP contribution in [0.5, 0.6) is 5.75 Å². The van der Waals surface area contributed by atoms with Crippen molar-refractivity contribution in [3.8, 4) is 5.75 Å². The van der Waals surface area contributed by atoms with Crippen molar-refractivity contribution in [2.75, 3.05) is 46.4 Å². The van der Waals surface area contributed by atoms with Crippen molar-refractivity contribution in [2.24, 2.45) is 5.73 Å². The molecule has 1 atom stereocenters. The Morgan fingerprint density at radius 1 is 1.20 bits per heavy atom. The Bertz CT molecular complexity index is 402. The van der Waals surface area contributed by atoms with Gasteiger partial charge >= 0.3 is 0 Å². The molecule has 0 aromatic heterocycles. The molecular formula is C16H27N3O. The largest absolute Gasteiger partial charge is 0.492 e. The predicted octanol–water partition coefficient (Wildman–Crippen LogP) is 1.72. The summed E-state index contributed by atoms with van der Waals surface area (Å²) in [5.41, 5.74) is 7.25. The number of ether oxygens (including phenoxy) is 1. The number of nitrogens with zero attached hydrogens (tertiary/aromatic N) is 2. The summed E-state index contributed by atoms with van der Waals surface area (Å²) in [6, 6.07) is 8.19. The molecule has 2 N–H and O–H groups in total. The van der Waals surface area contributed by atoms with Gasteiger partial charge in [-0.3, -0.25) is 4.90 Å². The fourth-order valence-corrected chi connectivity index (χ4v) is 2.49. The number of hydrogen-bond donors (Lipinski definition) is 1. The first-order valence-electron chi connectivity index (χ1n) is 7.59. The zero-order valence-corrected chi connectivity index (χ0v) is 12.7. The molecule has 0 amide bonds. The molecule has 0 aliphatic carbocycles. The maximum atomic E-state index is 6.13. The minimum absolute atomic E-state index is 0.0647. The van der Waals surface area contributed by atoms with Gasteiger partial charge in [0.05, 0.1) is 0 Å². The highest BCUT2D eigenvalue weighted by atomic mass is 16.5. The fraction of sp³-hybridized carbons (Fsp3) is 0.625. The predicted molar refractivity (Wildman–Crippen MR) is 83.1 cm³/mol. The van der Waals surface area contributed by atoms with E-state index in [1.807, 2.05) is 18.2 Å². The van der Waals surface area contributed by atoms with Gasteiger partial charge in [0.25, 0.3) is 0 Å². The van der Waals surface area contributed by atoms with E-state index >= 15 is 0 Å². The van der Waals surface area contributed by atoms with Crippen molar-refractivity contribution in [3.05, 3.63) is 29.8 Å². The van der Waals surface area contributed by atoms with E-state index in [0.29, 0.717) is 0 Å². The normalized spacial score (nSPS) is 18.9. The maximum Gasteiger partial charge on any atom is 0.124 e. The van der Waals surface area contributed by atoms with Gasteiger partial charge in [0.1, 0.15) is 12.4 Å². The van der Waals surface area contributed by atoms with Crippen LogP contribution in [0.2, 0.25) is 0 Å². The van der Waals surface area contributed by atoms with Gasteiger partial charge in [-0.1, -0.05) is 25.1 Å². The molecule has 4 nitrogen and oxygen atoms in total. The van der Waals surface area contributed by atoms with Crippen molar-refractivity contribution in [2.45, 2.75) is 19.4 Å². The molecule has 1 aliphatic rings. The van der Waals surface area contributed by atoms with E-state index in [1.165, 1.54) is 0 Å². The van der Waals surface area contributed by atoms with Crippen LogP contribution in [0.4, 0.5) is 0 Å². The first-order chi connectivity index (χ1) is 9.70. The Morgan fingerprint density at radius 3 is 2.60 bits per heavy atom. The smallest absolute Gasteiger partial charge is 0.124 e. The number of hydrogen-bond acceptors (Lipinski definition) is 4. The van der Waals surface area contributed by atoms with Gasteiger partial charge in [0.2, 0.25) is 0 Å². The number of nitrogens with two attached hydrogens (primary N) is 1. The standard InChI is InChI=1S/C16H27N3O/c1-3-15(17)14-6-4-5-7-16(14)20-13-12-19-10-8-18(2)9-11-19/h4-7,15H,3,8-13,17H2,1-2H3/t15-/m1/s1. The van der Waals surface area contributed by atoms with Crippen molar-refractivity contribution < 1.29 is 4.74 Å². The van der Waals surface area contributed by atoms with Crippen molar-refractivity contribution in [3.63, 3.8) is 0 Å². The lowest BCUT2D eigenvalue weighted by Gasteiger charge is -2.32. The molecule has 1 aliphatic heterocycles. The number of likely N-dealkylation sites (N-methyl/N-ethyl adjacent to an activating group) is 1. The quantitative estimate of drug-likeness (QED) is 0.860. The Hall–Kier alpha value is -1.10. The number of benzene rings is 1. The second-order valence-corrected chi connectivity index (χ2v) is 5.55. The number of para-hydroxylation sites is 1. The molecule has 1 fully saturated rings. The first kappa shape index (κ1) is 15.3. The Morgan fingerprint density at radius 2 is 1.90 bits per heavy atom. The summed E-state index contributed by atoms with van der Waals surface area (Å²) in [6.45, 7) is 8.40. The van der Waals surface area contributed by atoms with Crippen LogP contribution in [0.15, 0.2) is 24.3 Å². The molecule has 1 aromatic rings. The molecule has 1 heterocycles. The van der Waals surface area contributed by atoms with Crippen molar-refractivity contribution in [1.29, 1.82) is 0 Å². The van der Waals surface area contributed by atoms with E-state index < -0.39 is 0 Å². The van der Waals surface area contributed by atoms with Crippen LogP contribution in [0.1, 0.15) is 24.9 Å². The van der Waals surface area contributed by atoms with Gasteiger partial charge in [-0.2, -0.15) is 0 Å². The topological polar surface area (TPSA) is 41.7 Å². The molecule has 0 unspecified atom stereocenters. The van der Waals surface area contributed by atoms with E-state index in [4.69, 9.17) is 10.5 Å². The summed E-state index contributed by atoms with van der Waals surface area (Å²) < 4.78 is 5.95. The van der Waals surface area contributed by atoms with Crippen LogP contribution >= 0.6 is 0 Å². The summed E-state index contributed by atoms with van der Waals surface area (Å²) >= 11 is 0. The summed E-state index contributed by atoms with van der Waals surface area (Å²) in [5, 5.41) is 0. The van der Waals surface area contributed by atoms with Gasteiger partial charge < -0.3 is 15.4 Å². The third-order valence-electron chi connectivity index (χ3n) is 4.02. The van der Waals surface area contributed by atoms with Gasteiger partial charge in [-0.25, -0.2) is 0 Å². The van der Waals surface area contributed by atoms with Crippen molar-refractivity contribution in [1.82, 2.24) is 9.80 Å². The molecule has 1 aromatic carbocycles. The lowest BCUT2D eigenvalue weighted by molar-refractivity contribution is 0.133. The molecule has 0 saturated carbocycles. The van der Waals surface area contributed by atoms with Crippen LogP contribution in [0.25, 0.3) is 0 Å². The minimum atomic E-state index is 0.0647. The number of rotatable bonds is 6. The highest BCUT2D eigenvalue weighted by molar-refractivity contribution is 5.35. The van der Waals surface area contributed by atoms with E-state index in [0.717, 1.165) is 57.1 Å². The van der Waals surface area contributed by atoms with Crippen molar-refractivity contribution >= 4 is 0 Å². The molecular weight excluding hydrogens is 250 g/mol. The highest BCUT2D eigenvalue weighted by Gasteiger charge is 2.14. The van der Waals surface area contributed by atoms with E-state index in [-0.39, 0.29) is 6.04 Å². The van der Waals surface area contributed by atoms with E-state index in [1.54, 1.807) is 0 Å². The third kappa shape index (κ3) is 4.20. The van der Waals surface area contributed by atoms with E-state index in [2.05, 4.69) is 29.8 Å². The molecule has 112 valence electrons. The Labute approximate surface area is 122 Å². The Balaban J connectivity index is 1.82.